The third kappa shape index (κ3) is 3.67. The first-order valence-corrected chi connectivity index (χ1v) is 10.1. The number of aryl methyl sites for hydroxylation is 2. The Hall–Kier alpha value is -2.83. The summed E-state index contributed by atoms with van der Waals surface area (Å²) in [6.07, 6.45) is 0. The number of hydrogen-bond donors (Lipinski definition) is 1. The first-order chi connectivity index (χ1) is 13.1. The third-order valence-electron chi connectivity index (χ3n) is 4.09. The number of carbonyl (C=O) groups excluding carboxylic acids is 1. The van der Waals surface area contributed by atoms with Crippen LogP contribution in [0.25, 0.3) is 21.8 Å². The maximum Gasteiger partial charge on any atom is 0.269 e. The van der Waals surface area contributed by atoms with E-state index in [2.05, 4.69) is 15.3 Å². The van der Waals surface area contributed by atoms with Gasteiger partial charge in [-0.3, -0.25) is 10.1 Å². The van der Waals surface area contributed by atoms with Crippen molar-refractivity contribution < 1.29 is 4.79 Å². The Bertz CT molecular complexity index is 1090. The van der Waals surface area contributed by atoms with Gasteiger partial charge in [0.1, 0.15) is 9.88 Å². The molecule has 0 atom stereocenters. The minimum Gasteiger partial charge on any atom is -0.297 e. The molecule has 2 heterocycles. The maximum absolute atomic E-state index is 12.8. The second-order valence-electron chi connectivity index (χ2n) is 6.04. The summed E-state index contributed by atoms with van der Waals surface area (Å²) in [7, 11) is 0. The van der Waals surface area contributed by atoms with E-state index in [0.29, 0.717) is 10.0 Å². The normalized spacial score (nSPS) is 10.7. The fourth-order valence-electron chi connectivity index (χ4n) is 2.78. The Kier molecular flexibility index (Phi) is 4.83. The van der Waals surface area contributed by atoms with Crippen LogP contribution < -0.4 is 5.32 Å². The van der Waals surface area contributed by atoms with Crippen molar-refractivity contribution in [3.8, 4) is 21.8 Å². The van der Waals surface area contributed by atoms with Crippen LogP contribution in [0.4, 0.5) is 5.13 Å². The second-order valence-corrected chi connectivity index (χ2v) is 8.25. The lowest BCUT2D eigenvalue weighted by Gasteiger charge is -1.99. The first-order valence-electron chi connectivity index (χ1n) is 8.49. The summed E-state index contributed by atoms with van der Waals surface area (Å²) in [6.45, 7) is 3.88. The number of benzene rings is 2. The number of amides is 1. The molecule has 4 nitrogen and oxygen atoms in total. The van der Waals surface area contributed by atoms with Crippen LogP contribution in [0.15, 0.2) is 60.7 Å². The molecule has 0 radical (unpaired) electrons. The lowest BCUT2D eigenvalue weighted by Crippen LogP contribution is -2.11. The molecule has 2 aromatic heterocycles. The summed E-state index contributed by atoms with van der Waals surface area (Å²) in [6, 6.07) is 19.9. The number of rotatable bonds is 4. The number of nitrogens with one attached hydrogen (secondary N) is 1. The SMILES string of the molecule is Cc1nc(-c2ccccc2)sc1C(=O)Nc1nc(-c2ccccc2)c(C)s1. The average molecular weight is 392 g/mol. The number of carbonyl (C=O) groups is 1. The number of nitrogens with zero attached hydrogens (tertiary/aromatic N) is 2. The number of thiazole rings is 2. The number of anilines is 1. The van der Waals surface area contributed by atoms with Crippen molar-refractivity contribution in [2.24, 2.45) is 0 Å². The van der Waals surface area contributed by atoms with E-state index >= 15 is 0 Å². The predicted octanol–water partition coefficient (Wildman–Crippen LogP) is 5.80. The predicted molar refractivity (Wildman–Crippen MR) is 113 cm³/mol. The number of hydrogen-bond acceptors (Lipinski definition) is 5. The third-order valence-corrected chi connectivity index (χ3v) is 6.18. The second kappa shape index (κ2) is 7.42. The van der Waals surface area contributed by atoms with E-state index in [4.69, 9.17) is 0 Å². The van der Waals surface area contributed by atoms with Gasteiger partial charge in [0.05, 0.1) is 11.4 Å². The van der Waals surface area contributed by atoms with E-state index in [9.17, 15) is 4.79 Å². The molecule has 2 aromatic carbocycles. The zero-order valence-corrected chi connectivity index (χ0v) is 16.5. The minimum atomic E-state index is -0.166. The van der Waals surface area contributed by atoms with Crippen LogP contribution in [0.2, 0.25) is 0 Å². The van der Waals surface area contributed by atoms with Crippen LogP contribution in [0, 0.1) is 13.8 Å². The van der Waals surface area contributed by atoms with Crippen LogP contribution in [0.3, 0.4) is 0 Å². The van der Waals surface area contributed by atoms with E-state index in [1.807, 2.05) is 74.5 Å². The fraction of sp³-hybridized carbons (Fsp3) is 0.0952. The highest BCUT2D eigenvalue weighted by molar-refractivity contribution is 7.18. The zero-order valence-electron chi connectivity index (χ0n) is 14.9. The highest BCUT2D eigenvalue weighted by Gasteiger charge is 2.18. The molecule has 0 spiro atoms. The highest BCUT2D eigenvalue weighted by Crippen LogP contribution is 2.32. The van der Waals surface area contributed by atoms with Crippen LogP contribution in [-0.2, 0) is 0 Å². The summed E-state index contributed by atoms with van der Waals surface area (Å²) < 4.78 is 0. The average Bonchev–Trinajstić information content (AvgIpc) is 3.26. The summed E-state index contributed by atoms with van der Waals surface area (Å²) in [4.78, 5) is 23.6. The summed E-state index contributed by atoms with van der Waals surface area (Å²) in [5.74, 6) is -0.166. The molecule has 0 fully saturated rings. The van der Waals surface area contributed by atoms with E-state index in [-0.39, 0.29) is 5.91 Å². The molecule has 4 aromatic rings. The van der Waals surface area contributed by atoms with Gasteiger partial charge >= 0.3 is 0 Å². The van der Waals surface area contributed by atoms with Gasteiger partial charge in [0.25, 0.3) is 5.91 Å². The Morgan fingerprint density at radius 2 is 1.48 bits per heavy atom. The lowest BCUT2D eigenvalue weighted by atomic mass is 10.1. The van der Waals surface area contributed by atoms with Gasteiger partial charge < -0.3 is 0 Å². The molecule has 0 saturated heterocycles. The number of aromatic nitrogens is 2. The van der Waals surface area contributed by atoms with E-state index in [1.54, 1.807) is 0 Å². The Labute approximate surface area is 165 Å². The van der Waals surface area contributed by atoms with Crippen molar-refractivity contribution in [2.45, 2.75) is 13.8 Å². The molecule has 27 heavy (non-hydrogen) atoms. The van der Waals surface area contributed by atoms with E-state index in [0.717, 1.165) is 32.4 Å². The van der Waals surface area contributed by atoms with Gasteiger partial charge in [0.15, 0.2) is 5.13 Å². The molecular formula is C21H17N3OS2. The smallest absolute Gasteiger partial charge is 0.269 e. The fourth-order valence-corrected chi connectivity index (χ4v) is 4.58. The molecule has 0 unspecified atom stereocenters. The maximum atomic E-state index is 12.8. The molecule has 0 aliphatic carbocycles. The topological polar surface area (TPSA) is 54.9 Å². The van der Waals surface area contributed by atoms with E-state index < -0.39 is 0 Å². The van der Waals surface area contributed by atoms with Crippen LogP contribution in [0.5, 0.6) is 0 Å². The molecule has 0 aliphatic rings. The molecule has 0 bridgehead atoms. The quantitative estimate of drug-likeness (QED) is 0.478. The van der Waals surface area contributed by atoms with Gasteiger partial charge in [-0.15, -0.1) is 22.7 Å². The standard InChI is InChI=1S/C21H17N3OS2/c1-13-18(27-20(22-13)16-11-7-4-8-12-16)19(25)24-21-23-17(14(2)26-21)15-9-5-3-6-10-15/h3-12H,1-2H3,(H,23,24,25). The largest absolute Gasteiger partial charge is 0.297 e. The van der Waals surface area contributed by atoms with Gasteiger partial charge in [-0.1, -0.05) is 60.7 Å². The zero-order chi connectivity index (χ0) is 18.8. The molecule has 1 N–H and O–H groups in total. The Balaban J connectivity index is 1.58. The van der Waals surface area contributed by atoms with Gasteiger partial charge in [0, 0.05) is 16.0 Å². The van der Waals surface area contributed by atoms with Crippen molar-refractivity contribution in [1.82, 2.24) is 9.97 Å². The van der Waals surface area contributed by atoms with E-state index in [1.165, 1.54) is 22.7 Å². The van der Waals surface area contributed by atoms with Gasteiger partial charge in [-0.05, 0) is 13.8 Å². The first kappa shape index (κ1) is 17.6. The van der Waals surface area contributed by atoms with Gasteiger partial charge in [0.2, 0.25) is 0 Å². The monoisotopic (exact) mass is 391 g/mol. The Morgan fingerprint density at radius 3 is 2.15 bits per heavy atom. The van der Waals surface area contributed by atoms with Crippen molar-refractivity contribution in [1.29, 1.82) is 0 Å². The van der Waals surface area contributed by atoms with Crippen molar-refractivity contribution in [3.63, 3.8) is 0 Å². The summed E-state index contributed by atoms with van der Waals surface area (Å²) in [5, 5.41) is 4.38. The Morgan fingerprint density at radius 1 is 0.852 bits per heavy atom. The van der Waals surface area contributed by atoms with Crippen LogP contribution >= 0.6 is 22.7 Å². The van der Waals surface area contributed by atoms with Gasteiger partial charge in [-0.2, -0.15) is 0 Å². The van der Waals surface area contributed by atoms with Crippen molar-refractivity contribution in [3.05, 3.63) is 76.1 Å². The molecule has 0 saturated carbocycles. The van der Waals surface area contributed by atoms with Crippen molar-refractivity contribution >= 4 is 33.7 Å². The molecule has 6 heteroatoms. The molecule has 134 valence electrons. The summed E-state index contributed by atoms with van der Waals surface area (Å²) in [5.41, 5.74) is 3.70. The minimum absolute atomic E-state index is 0.166. The molecule has 0 aliphatic heterocycles. The summed E-state index contributed by atoms with van der Waals surface area (Å²) >= 11 is 2.88. The van der Waals surface area contributed by atoms with Crippen molar-refractivity contribution in [2.75, 3.05) is 5.32 Å². The van der Waals surface area contributed by atoms with Gasteiger partial charge in [-0.25, -0.2) is 9.97 Å². The van der Waals surface area contributed by atoms with Crippen LogP contribution in [0.1, 0.15) is 20.2 Å². The highest BCUT2D eigenvalue weighted by atomic mass is 32.1. The molecule has 1 amide bonds. The van der Waals surface area contributed by atoms with Crippen LogP contribution in [-0.4, -0.2) is 15.9 Å². The molecular weight excluding hydrogens is 374 g/mol. The lowest BCUT2D eigenvalue weighted by molar-refractivity contribution is 0.103. The molecule has 4 rings (SSSR count).